The summed E-state index contributed by atoms with van der Waals surface area (Å²) in [5.74, 6) is 5.21. The molecule has 1 aliphatic carbocycles. The summed E-state index contributed by atoms with van der Waals surface area (Å²) in [6.07, 6.45) is 2.37. The van der Waals surface area contributed by atoms with Crippen LogP contribution in [0, 0.1) is 23.6 Å². The summed E-state index contributed by atoms with van der Waals surface area (Å²) in [6, 6.07) is 8.83. The molecule has 3 atom stereocenters. The molecule has 1 saturated carbocycles. The number of ether oxygens (including phenoxy) is 1. The lowest BCUT2D eigenvalue weighted by Crippen LogP contribution is -2.50. The van der Waals surface area contributed by atoms with Crippen molar-refractivity contribution in [1.82, 2.24) is 9.21 Å². The first kappa shape index (κ1) is 29.8. The number of aliphatic hydroxyl groups excluding tert-OH is 1. The highest BCUT2D eigenvalue weighted by atomic mass is 32.2. The van der Waals surface area contributed by atoms with Gasteiger partial charge in [0.1, 0.15) is 28.2 Å². The lowest BCUT2D eigenvalue weighted by atomic mass is 10.0. The molecular formula is C29H36FN3O6S. The van der Waals surface area contributed by atoms with Gasteiger partial charge in [-0.2, -0.15) is 4.31 Å². The molecule has 0 bridgehead atoms. The van der Waals surface area contributed by atoms with Crippen LogP contribution in [0.1, 0.15) is 45.1 Å². The average Bonchev–Trinajstić information content (AvgIpc) is 3.36. The molecule has 0 saturated heterocycles. The molecule has 1 aliphatic heterocycles. The van der Waals surface area contributed by atoms with Crippen molar-refractivity contribution in [3.63, 3.8) is 0 Å². The van der Waals surface area contributed by atoms with E-state index in [0.717, 1.165) is 12.8 Å². The van der Waals surface area contributed by atoms with Crippen LogP contribution in [-0.4, -0.2) is 78.4 Å². The normalized spacial score (nSPS) is 22.4. The maximum atomic E-state index is 13.7. The molecule has 2 aromatic carbocycles. The maximum Gasteiger partial charge on any atom is 0.321 e. The summed E-state index contributed by atoms with van der Waals surface area (Å²) in [5, 5.41) is 23.2. The van der Waals surface area contributed by atoms with Gasteiger partial charge in [0.05, 0.1) is 13.2 Å². The van der Waals surface area contributed by atoms with Crippen LogP contribution in [0.4, 0.5) is 14.9 Å². The van der Waals surface area contributed by atoms with Crippen molar-refractivity contribution < 1.29 is 32.6 Å². The summed E-state index contributed by atoms with van der Waals surface area (Å²) in [4.78, 5) is 14.2. The van der Waals surface area contributed by atoms with E-state index in [2.05, 4.69) is 17.2 Å². The Morgan fingerprint density at radius 3 is 2.58 bits per heavy atom. The van der Waals surface area contributed by atoms with Gasteiger partial charge in [-0.05, 0) is 75.1 Å². The number of hydrogen-bond donors (Lipinski definition) is 3. The fourth-order valence-electron chi connectivity index (χ4n) is 4.90. The van der Waals surface area contributed by atoms with Gasteiger partial charge < -0.3 is 25.2 Å². The van der Waals surface area contributed by atoms with Gasteiger partial charge in [-0.25, -0.2) is 17.6 Å². The van der Waals surface area contributed by atoms with Gasteiger partial charge >= 0.3 is 6.03 Å². The van der Waals surface area contributed by atoms with Crippen molar-refractivity contribution in [2.75, 3.05) is 32.1 Å². The number of carbonyl (C=O) groups excluding carboxylic acids is 1. The van der Waals surface area contributed by atoms with Crippen molar-refractivity contribution in [2.45, 2.75) is 62.2 Å². The van der Waals surface area contributed by atoms with Crippen LogP contribution in [-0.2, 0) is 10.0 Å². The number of nitrogens with zero attached hydrogens (tertiary/aromatic N) is 2. The number of nitrogens with one attached hydrogen (secondary N) is 1. The molecule has 0 spiro atoms. The molecule has 216 valence electrons. The molecule has 1 fully saturated rings. The summed E-state index contributed by atoms with van der Waals surface area (Å²) in [7, 11) is -2.44. The SMILES string of the molecule is C[C@@H]1CN([C@H](C)CO)S(=O)(=O)c2ccc(C#CC3(O)CCCC3)cc2O[C@@H]1CN(C)C(=O)Nc1ccc(F)cc1. The molecule has 2 amide bonds. The van der Waals surface area contributed by atoms with Gasteiger partial charge in [0.2, 0.25) is 10.0 Å². The van der Waals surface area contributed by atoms with E-state index in [9.17, 15) is 27.8 Å². The summed E-state index contributed by atoms with van der Waals surface area (Å²) in [5.41, 5.74) is -0.135. The van der Waals surface area contributed by atoms with Crippen LogP contribution in [0.15, 0.2) is 47.4 Å². The number of amides is 2. The first-order valence-corrected chi connectivity index (χ1v) is 14.8. The molecule has 2 aromatic rings. The van der Waals surface area contributed by atoms with E-state index in [4.69, 9.17) is 4.74 Å². The number of benzene rings is 2. The minimum absolute atomic E-state index is 0.0618. The van der Waals surface area contributed by atoms with E-state index in [1.165, 1.54) is 39.5 Å². The van der Waals surface area contributed by atoms with Crippen molar-refractivity contribution in [2.24, 2.45) is 5.92 Å². The predicted octanol–water partition coefficient (Wildman–Crippen LogP) is 3.41. The van der Waals surface area contributed by atoms with Crippen LogP contribution in [0.25, 0.3) is 0 Å². The topological polar surface area (TPSA) is 119 Å². The van der Waals surface area contributed by atoms with Gasteiger partial charge in [0.15, 0.2) is 0 Å². The Hall–Kier alpha value is -3.17. The Morgan fingerprint density at radius 1 is 1.25 bits per heavy atom. The number of hydrogen-bond acceptors (Lipinski definition) is 6. The van der Waals surface area contributed by atoms with Crippen molar-refractivity contribution in [3.8, 4) is 17.6 Å². The largest absolute Gasteiger partial charge is 0.487 e. The second-order valence-corrected chi connectivity index (χ2v) is 12.6. The van der Waals surface area contributed by atoms with Crippen LogP contribution >= 0.6 is 0 Å². The quantitative estimate of drug-likeness (QED) is 0.472. The number of halogens is 1. The highest BCUT2D eigenvalue weighted by Gasteiger charge is 2.38. The zero-order chi connectivity index (χ0) is 29.1. The number of aliphatic hydroxyl groups is 2. The fraction of sp³-hybridized carbons (Fsp3) is 0.483. The average molecular weight is 574 g/mol. The summed E-state index contributed by atoms with van der Waals surface area (Å²) in [6.45, 7) is 3.27. The van der Waals surface area contributed by atoms with E-state index >= 15 is 0 Å². The Balaban J connectivity index is 1.65. The summed E-state index contributed by atoms with van der Waals surface area (Å²) < 4.78 is 48.2. The zero-order valence-corrected chi connectivity index (χ0v) is 23.7. The first-order valence-electron chi connectivity index (χ1n) is 13.4. The molecule has 0 aromatic heterocycles. The number of carbonyl (C=O) groups is 1. The number of fused-ring (bicyclic) bond motifs is 1. The van der Waals surface area contributed by atoms with E-state index in [1.54, 1.807) is 26.1 Å². The molecule has 2 aliphatic rings. The molecule has 1 heterocycles. The molecule has 40 heavy (non-hydrogen) atoms. The van der Waals surface area contributed by atoms with E-state index in [0.29, 0.717) is 24.1 Å². The first-order chi connectivity index (χ1) is 18.9. The van der Waals surface area contributed by atoms with Gasteiger partial charge in [-0.3, -0.25) is 0 Å². The highest BCUT2D eigenvalue weighted by molar-refractivity contribution is 7.89. The molecule has 3 N–H and O–H groups in total. The van der Waals surface area contributed by atoms with Gasteiger partial charge in [-0.1, -0.05) is 18.8 Å². The number of rotatable bonds is 5. The third-order valence-electron chi connectivity index (χ3n) is 7.43. The standard InChI is InChI=1S/C29H36FN3O6S/c1-20-17-33(21(2)19-34)40(37,38)27-11-6-22(12-15-29(36)13-4-5-14-29)16-25(27)39-26(20)18-32(3)28(35)31-24-9-7-23(30)8-10-24/h6-11,16,20-21,26,34,36H,4-5,13-14,17-19H2,1-3H3,(H,31,35)/t20-,21-,26-/m1/s1. The van der Waals surface area contributed by atoms with E-state index < -0.39 is 39.6 Å². The number of sulfonamides is 1. The van der Waals surface area contributed by atoms with Crippen LogP contribution in [0.5, 0.6) is 5.75 Å². The Kier molecular flexibility index (Phi) is 9.05. The van der Waals surface area contributed by atoms with E-state index in [-0.39, 0.29) is 36.3 Å². The minimum atomic E-state index is -4.03. The van der Waals surface area contributed by atoms with Crippen molar-refractivity contribution in [1.29, 1.82) is 0 Å². The fourth-order valence-corrected chi connectivity index (χ4v) is 6.73. The highest BCUT2D eigenvalue weighted by Crippen LogP contribution is 2.34. The second kappa shape index (κ2) is 12.1. The lowest BCUT2D eigenvalue weighted by molar-refractivity contribution is 0.0830. The van der Waals surface area contributed by atoms with Crippen LogP contribution in [0.2, 0.25) is 0 Å². The molecule has 11 heteroatoms. The second-order valence-electron chi connectivity index (χ2n) is 10.7. The van der Waals surface area contributed by atoms with E-state index in [1.807, 2.05) is 6.92 Å². The lowest BCUT2D eigenvalue weighted by Gasteiger charge is -2.37. The zero-order valence-electron chi connectivity index (χ0n) is 22.9. The smallest absolute Gasteiger partial charge is 0.321 e. The predicted molar refractivity (Wildman–Crippen MR) is 149 cm³/mol. The van der Waals surface area contributed by atoms with Crippen LogP contribution < -0.4 is 10.1 Å². The maximum absolute atomic E-state index is 13.7. The third-order valence-corrected chi connectivity index (χ3v) is 9.45. The Labute approximate surface area is 235 Å². The Bertz CT molecular complexity index is 1380. The number of anilines is 1. The molecule has 0 unspecified atom stereocenters. The van der Waals surface area contributed by atoms with Gasteiger partial charge in [-0.15, -0.1) is 0 Å². The van der Waals surface area contributed by atoms with Crippen molar-refractivity contribution >= 4 is 21.7 Å². The monoisotopic (exact) mass is 573 g/mol. The van der Waals surface area contributed by atoms with Crippen LogP contribution in [0.3, 0.4) is 0 Å². The summed E-state index contributed by atoms with van der Waals surface area (Å²) >= 11 is 0. The van der Waals surface area contributed by atoms with Crippen molar-refractivity contribution in [3.05, 3.63) is 53.8 Å². The Morgan fingerprint density at radius 2 is 1.93 bits per heavy atom. The molecule has 9 nitrogen and oxygen atoms in total. The number of likely N-dealkylation sites (N-methyl/N-ethyl adjacent to an activating group) is 1. The molecular weight excluding hydrogens is 537 g/mol. The van der Waals surface area contributed by atoms with Gasteiger partial charge in [0.25, 0.3) is 0 Å². The third kappa shape index (κ3) is 6.75. The van der Waals surface area contributed by atoms with Gasteiger partial charge in [0, 0.05) is 36.8 Å². The minimum Gasteiger partial charge on any atom is -0.487 e. The number of urea groups is 1. The molecule has 0 radical (unpaired) electrons. The molecule has 4 rings (SSSR count).